The predicted octanol–water partition coefficient (Wildman–Crippen LogP) is 2.71. The van der Waals surface area contributed by atoms with Gasteiger partial charge in [-0.3, -0.25) is 14.7 Å². The van der Waals surface area contributed by atoms with Crippen molar-refractivity contribution < 1.29 is 19.4 Å². The number of benzene rings is 2. The lowest BCUT2D eigenvalue weighted by atomic mass is 9.99. The molecule has 8 nitrogen and oxygen atoms in total. The Balaban J connectivity index is 1.39. The van der Waals surface area contributed by atoms with Gasteiger partial charge >= 0.3 is 0 Å². The number of nitrogens with one attached hydrogen (secondary N) is 1. The highest BCUT2D eigenvalue weighted by Crippen LogP contribution is 2.38. The summed E-state index contributed by atoms with van der Waals surface area (Å²) in [5.74, 6) is -0.986. The Morgan fingerprint density at radius 3 is 2.70 bits per heavy atom. The van der Waals surface area contributed by atoms with E-state index in [9.17, 15) is 14.7 Å². The van der Waals surface area contributed by atoms with Crippen molar-refractivity contribution >= 4 is 5.91 Å². The van der Waals surface area contributed by atoms with E-state index in [0.717, 1.165) is 17.5 Å². The first-order valence-electron chi connectivity index (χ1n) is 11.1. The highest BCUT2D eigenvalue weighted by atomic mass is 16.8. The van der Waals surface area contributed by atoms with Crippen LogP contribution in [0.5, 0.6) is 5.75 Å². The van der Waals surface area contributed by atoms with Crippen molar-refractivity contribution in [2.45, 2.75) is 51.4 Å². The molecule has 0 bridgehead atoms. The van der Waals surface area contributed by atoms with Gasteiger partial charge in [0.2, 0.25) is 0 Å². The zero-order valence-electron chi connectivity index (χ0n) is 18.7. The van der Waals surface area contributed by atoms with E-state index in [-0.39, 0.29) is 23.8 Å². The summed E-state index contributed by atoms with van der Waals surface area (Å²) in [7, 11) is 0. The highest BCUT2D eigenvalue weighted by molar-refractivity contribution is 5.82. The Hall–Kier alpha value is -3.36. The minimum Gasteiger partial charge on any atom is -0.508 e. The molecule has 8 heteroatoms. The third-order valence-corrected chi connectivity index (χ3v) is 6.15. The second-order valence-corrected chi connectivity index (χ2v) is 9.06. The van der Waals surface area contributed by atoms with Crippen LogP contribution in [0, 0.1) is 0 Å². The second kappa shape index (κ2) is 8.20. The zero-order valence-corrected chi connectivity index (χ0v) is 18.7. The van der Waals surface area contributed by atoms with Crippen LogP contribution < -0.4 is 5.56 Å². The van der Waals surface area contributed by atoms with E-state index in [0.29, 0.717) is 18.8 Å². The van der Waals surface area contributed by atoms with Gasteiger partial charge in [-0.15, -0.1) is 0 Å². The summed E-state index contributed by atoms with van der Waals surface area (Å²) in [6, 6.07) is 16.3. The number of aromatic nitrogens is 2. The molecule has 33 heavy (non-hydrogen) atoms. The summed E-state index contributed by atoms with van der Waals surface area (Å²) in [4.78, 5) is 27.9. The molecular weight excluding hydrogens is 422 g/mol. The number of aromatic hydroxyl groups is 1. The Labute approximate surface area is 191 Å². The van der Waals surface area contributed by atoms with Crippen LogP contribution in [0.25, 0.3) is 0 Å². The topological polar surface area (TPSA) is 96.8 Å². The molecule has 3 aromatic rings. The van der Waals surface area contributed by atoms with Crippen molar-refractivity contribution in [3.63, 3.8) is 0 Å². The largest absolute Gasteiger partial charge is 0.508 e. The van der Waals surface area contributed by atoms with E-state index in [4.69, 9.17) is 9.47 Å². The molecule has 2 N–H and O–H groups in total. The van der Waals surface area contributed by atoms with Crippen LogP contribution in [0.1, 0.15) is 42.3 Å². The number of fused-ring (bicyclic) bond motifs is 1. The van der Waals surface area contributed by atoms with Crippen LogP contribution in [0.4, 0.5) is 0 Å². The molecule has 0 radical (unpaired) electrons. The number of H-pyrrole nitrogens is 1. The van der Waals surface area contributed by atoms with Crippen molar-refractivity contribution in [2.75, 3.05) is 6.54 Å². The van der Waals surface area contributed by atoms with Crippen molar-refractivity contribution in [3.05, 3.63) is 87.3 Å². The lowest BCUT2D eigenvalue weighted by Gasteiger charge is -2.31. The molecule has 0 unspecified atom stereocenters. The minimum absolute atomic E-state index is 0.135. The van der Waals surface area contributed by atoms with Crippen molar-refractivity contribution in [1.29, 1.82) is 0 Å². The van der Waals surface area contributed by atoms with Crippen LogP contribution in [-0.4, -0.2) is 44.1 Å². The fourth-order valence-electron chi connectivity index (χ4n) is 4.59. The molecule has 1 aromatic heterocycles. The van der Waals surface area contributed by atoms with E-state index in [1.165, 1.54) is 16.3 Å². The van der Waals surface area contributed by atoms with Gasteiger partial charge in [0.25, 0.3) is 11.5 Å². The molecule has 2 aliphatic rings. The maximum atomic E-state index is 13.5. The van der Waals surface area contributed by atoms with E-state index in [1.54, 1.807) is 36.9 Å². The smallest absolute Gasteiger partial charge is 0.267 e. The maximum absolute atomic E-state index is 13.5. The molecule has 0 spiro atoms. The standard InChI is InChI=1S/C25H27N3O5/c1-25(2)32-22(20-13-21(30)28(26-20)14-16-6-5-9-19(29)12-16)23(33-25)24(31)27-11-10-17-7-3-4-8-18(17)15-27/h3-9,12-13,22-23,26,29H,10-11,14-15H2,1-2H3/t22-,23+/m0/s1. The van der Waals surface area contributed by atoms with E-state index < -0.39 is 18.0 Å². The Kier molecular flexibility index (Phi) is 5.34. The molecular formula is C25H27N3O5. The fraction of sp³-hybridized carbons (Fsp3) is 0.360. The number of carbonyl (C=O) groups excluding carboxylic acids is 1. The first kappa shape index (κ1) is 21.5. The van der Waals surface area contributed by atoms with Gasteiger partial charge in [-0.05, 0) is 49.1 Å². The molecule has 1 saturated heterocycles. The Morgan fingerprint density at radius 2 is 1.91 bits per heavy atom. The van der Waals surface area contributed by atoms with Gasteiger partial charge in [0, 0.05) is 19.2 Å². The van der Waals surface area contributed by atoms with Crippen LogP contribution in [0.3, 0.4) is 0 Å². The highest BCUT2D eigenvalue weighted by Gasteiger charge is 2.48. The molecule has 2 atom stereocenters. The molecule has 172 valence electrons. The second-order valence-electron chi connectivity index (χ2n) is 9.06. The quantitative estimate of drug-likeness (QED) is 0.639. The number of phenols is 1. The maximum Gasteiger partial charge on any atom is 0.267 e. The monoisotopic (exact) mass is 449 g/mol. The van der Waals surface area contributed by atoms with Crippen molar-refractivity contribution in [2.24, 2.45) is 0 Å². The average Bonchev–Trinajstić information content (AvgIpc) is 3.31. The number of ether oxygens (including phenoxy) is 2. The van der Waals surface area contributed by atoms with Gasteiger partial charge in [-0.1, -0.05) is 36.4 Å². The third kappa shape index (κ3) is 4.31. The first-order valence-corrected chi connectivity index (χ1v) is 11.1. The van der Waals surface area contributed by atoms with Gasteiger partial charge in [-0.25, -0.2) is 4.68 Å². The SMILES string of the molecule is CC1(C)O[C@@H](C(=O)N2CCc3ccccc3C2)[C@H](c2cc(=O)n(Cc3cccc(O)c3)[nH]2)O1. The molecule has 5 rings (SSSR count). The van der Waals surface area contributed by atoms with Crippen molar-refractivity contribution in [1.82, 2.24) is 14.7 Å². The van der Waals surface area contributed by atoms with E-state index in [2.05, 4.69) is 11.2 Å². The van der Waals surface area contributed by atoms with Crippen LogP contribution in [-0.2, 0) is 33.8 Å². The number of aromatic amines is 1. The lowest BCUT2D eigenvalue weighted by molar-refractivity contribution is -0.162. The number of rotatable bonds is 4. The number of nitrogens with zero attached hydrogens (tertiary/aromatic N) is 2. The number of hydrogen-bond acceptors (Lipinski definition) is 5. The van der Waals surface area contributed by atoms with Gasteiger partial charge in [0.05, 0.1) is 12.2 Å². The molecule has 0 saturated carbocycles. The minimum atomic E-state index is -0.969. The zero-order chi connectivity index (χ0) is 23.2. The summed E-state index contributed by atoms with van der Waals surface area (Å²) < 4.78 is 13.5. The molecule has 2 aromatic carbocycles. The van der Waals surface area contributed by atoms with E-state index >= 15 is 0 Å². The predicted molar refractivity (Wildman–Crippen MR) is 121 cm³/mol. The number of amides is 1. The fourth-order valence-corrected chi connectivity index (χ4v) is 4.59. The van der Waals surface area contributed by atoms with Crippen LogP contribution >= 0.6 is 0 Å². The normalized spacial score (nSPS) is 21.7. The van der Waals surface area contributed by atoms with Crippen LogP contribution in [0.15, 0.2) is 59.4 Å². The van der Waals surface area contributed by atoms with Crippen LogP contribution in [0.2, 0.25) is 0 Å². The Bertz CT molecular complexity index is 1240. The van der Waals surface area contributed by atoms with Gasteiger partial charge < -0.3 is 19.5 Å². The summed E-state index contributed by atoms with van der Waals surface area (Å²) in [5.41, 5.74) is 3.41. The van der Waals surface area contributed by atoms with Gasteiger partial charge in [-0.2, -0.15) is 0 Å². The number of phenolic OH excluding ortho intramolecular Hbond substituents is 1. The van der Waals surface area contributed by atoms with E-state index in [1.807, 2.05) is 24.3 Å². The Morgan fingerprint density at radius 1 is 1.12 bits per heavy atom. The number of carbonyl (C=O) groups is 1. The number of hydrogen-bond donors (Lipinski definition) is 2. The molecule has 0 aliphatic carbocycles. The summed E-state index contributed by atoms with van der Waals surface area (Å²) in [6.45, 7) is 4.92. The lowest BCUT2D eigenvalue weighted by Crippen LogP contribution is -2.44. The summed E-state index contributed by atoms with van der Waals surface area (Å²) >= 11 is 0. The molecule has 1 amide bonds. The van der Waals surface area contributed by atoms with Gasteiger partial charge in [0.1, 0.15) is 11.9 Å². The van der Waals surface area contributed by atoms with Crippen molar-refractivity contribution in [3.8, 4) is 5.75 Å². The first-order chi connectivity index (χ1) is 15.8. The third-order valence-electron chi connectivity index (χ3n) is 6.15. The molecule has 2 aliphatic heterocycles. The summed E-state index contributed by atoms with van der Waals surface area (Å²) in [5, 5.41) is 12.8. The average molecular weight is 450 g/mol. The molecule has 3 heterocycles. The summed E-state index contributed by atoms with van der Waals surface area (Å²) in [6.07, 6.45) is -0.805. The van der Waals surface area contributed by atoms with Gasteiger partial charge in [0.15, 0.2) is 11.9 Å². The molecule has 1 fully saturated rings.